The Hall–Kier alpha value is -3.03. The number of hydrogen-bond acceptors (Lipinski definition) is 4. The second-order valence-corrected chi connectivity index (χ2v) is 9.55. The van der Waals surface area contributed by atoms with E-state index in [9.17, 15) is 13.2 Å². The number of nitrogens with one attached hydrogen (secondary N) is 1. The average Bonchev–Trinajstić information content (AvgIpc) is 2.77. The van der Waals surface area contributed by atoms with Crippen LogP contribution in [0.1, 0.15) is 28.4 Å². The van der Waals surface area contributed by atoms with E-state index in [4.69, 9.17) is 16.3 Å². The van der Waals surface area contributed by atoms with Crippen LogP contribution in [0.3, 0.4) is 0 Å². The van der Waals surface area contributed by atoms with Crippen molar-refractivity contribution in [2.45, 2.75) is 20.0 Å². The Morgan fingerprint density at radius 2 is 1.53 bits per heavy atom. The molecule has 0 aliphatic rings. The molecule has 6 nitrogen and oxygen atoms in total. The second kappa shape index (κ2) is 10.5. The Balaban J connectivity index is 1.67. The zero-order chi connectivity index (χ0) is 23.1. The Labute approximate surface area is 193 Å². The van der Waals surface area contributed by atoms with Gasteiger partial charge in [-0.05, 0) is 66.6 Å². The van der Waals surface area contributed by atoms with Gasteiger partial charge in [0.05, 0.1) is 25.1 Å². The van der Waals surface area contributed by atoms with E-state index in [-0.39, 0.29) is 12.5 Å². The highest BCUT2D eigenvalue weighted by Gasteiger charge is 2.18. The minimum absolute atomic E-state index is 0.166. The SMILES string of the molecule is CCOc1ccc(CNC(=O)c2ccc(N(Cc3ccc(Cl)cc3)S(C)(=O)=O)cc2)cc1. The zero-order valence-electron chi connectivity index (χ0n) is 17.9. The first kappa shape index (κ1) is 23.6. The van der Waals surface area contributed by atoms with E-state index in [1.807, 2.05) is 31.2 Å². The van der Waals surface area contributed by atoms with Gasteiger partial charge in [0, 0.05) is 17.1 Å². The molecule has 32 heavy (non-hydrogen) atoms. The Kier molecular flexibility index (Phi) is 7.77. The van der Waals surface area contributed by atoms with Gasteiger partial charge in [0.25, 0.3) is 5.91 Å². The lowest BCUT2D eigenvalue weighted by Crippen LogP contribution is -2.29. The molecule has 0 bridgehead atoms. The number of rotatable bonds is 9. The van der Waals surface area contributed by atoms with Crippen LogP contribution in [-0.2, 0) is 23.1 Å². The number of amides is 1. The van der Waals surface area contributed by atoms with E-state index < -0.39 is 10.0 Å². The summed E-state index contributed by atoms with van der Waals surface area (Å²) in [4.78, 5) is 12.5. The van der Waals surface area contributed by atoms with Gasteiger partial charge in [-0.25, -0.2) is 8.42 Å². The lowest BCUT2D eigenvalue weighted by molar-refractivity contribution is 0.0951. The number of anilines is 1. The van der Waals surface area contributed by atoms with Gasteiger partial charge in [0.15, 0.2) is 0 Å². The third-order valence-corrected chi connectivity index (χ3v) is 6.14. The summed E-state index contributed by atoms with van der Waals surface area (Å²) in [7, 11) is -3.52. The summed E-state index contributed by atoms with van der Waals surface area (Å²) < 4.78 is 31.4. The molecule has 0 saturated carbocycles. The molecule has 0 aromatic heterocycles. The number of carbonyl (C=O) groups excluding carboxylic acids is 1. The molecule has 0 aliphatic heterocycles. The fraction of sp³-hybridized carbons (Fsp3) is 0.208. The summed E-state index contributed by atoms with van der Waals surface area (Å²) in [6.45, 7) is 3.06. The molecular formula is C24H25ClN2O4S. The number of nitrogens with zero attached hydrogens (tertiary/aromatic N) is 1. The summed E-state index contributed by atoms with van der Waals surface area (Å²) in [6, 6.07) is 21.0. The highest BCUT2D eigenvalue weighted by atomic mass is 35.5. The summed E-state index contributed by atoms with van der Waals surface area (Å²) >= 11 is 5.91. The fourth-order valence-corrected chi connectivity index (χ4v) is 4.10. The summed E-state index contributed by atoms with van der Waals surface area (Å²) in [5.41, 5.74) is 2.67. The molecule has 0 fully saturated rings. The van der Waals surface area contributed by atoms with E-state index in [0.29, 0.717) is 29.4 Å². The van der Waals surface area contributed by atoms with Crippen LogP contribution in [0.2, 0.25) is 5.02 Å². The van der Waals surface area contributed by atoms with Gasteiger partial charge in [0.1, 0.15) is 5.75 Å². The highest BCUT2D eigenvalue weighted by molar-refractivity contribution is 7.92. The van der Waals surface area contributed by atoms with Crippen molar-refractivity contribution >= 4 is 33.2 Å². The third kappa shape index (κ3) is 6.48. The first-order valence-electron chi connectivity index (χ1n) is 10.1. The van der Waals surface area contributed by atoms with E-state index in [0.717, 1.165) is 23.1 Å². The predicted molar refractivity (Wildman–Crippen MR) is 128 cm³/mol. The predicted octanol–water partition coefficient (Wildman–Crippen LogP) is 4.63. The Bertz CT molecular complexity index is 1150. The maximum absolute atomic E-state index is 12.5. The largest absolute Gasteiger partial charge is 0.494 e. The van der Waals surface area contributed by atoms with Crippen molar-refractivity contribution in [1.29, 1.82) is 0 Å². The van der Waals surface area contributed by atoms with Gasteiger partial charge >= 0.3 is 0 Å². The molecule has 0 heterocycles. The lowest BCUT2D eigenvalue weighted by atomic mass is 10.1. The van der Waals surface area contributed by atoms with Gasteiger partial charge in [-0.2, -0.15) is 0 Å². The number of sulfonamides is 1. The van der Waals surface area contributed by atoms with Gasteiger partial charge < -0.3 is 10.1 Å². The van der Waals surface area contributed by atoms with Crippen molar-refractivity contribution in [2.75, 3.05) is 17.2 Å². The molecule has 1 amide bonds. The number of benzene rings is 3. The van der Waals surface area contributed by atoms with Crippen molar-refractivity contribution in [3.05, 3.63) is 94.5 Å². The van der Waals surface area contributed by atoms with E-state index >= 15 is 0 Å². The molecule has 3 rings (SSSR count). The Morgan fingerprint density at radius 3 is 2.09 bits per heavy atom. The van der Waals surface area contributed by atoms with Crippen LogP contribution in [0.5, 0.6) is 5.75 Å². The van der Waals surface area contributed by atoms with Crippen molar-refractivity contribution in [2.24, 2.45) is 0 Å². The molecular weight excluding hydrogens is 448 g/mol. The fourth-order valence-electron chi connectivity index (χ4n) is 3.09. The minimum atomic E-state index is -3.52. The van der Waals surface area contributed by atoms with Crippen LogP contribution in [0.15, 0.2) is 72.8 Å². The van der Waals surface area contributed by atoms with Crippen LogP contribution in [0, 0.1) is 0 Å². The number of ether oxygens (including phenoxy) is 1. The van der Waals surface area contributed by atoms with Crippen molar-refractivity contribution < 1.29 is 17.9 Å². The molecule has 0 spiro atoms. The lowest BCUT2D eigenvalue weighted by Gasteiger charge is -2.23. The van der Waals surface area contributed by atoms with Crippen molar-refractivity contribution in [3.63, 3.8) is 0 Å². The first-order valence-corrected chi connectivity index (χ1v) is 12.3. The van der Waals surface area contributed by atoms with Crippen molar-refractivity contribution in [1.82, 2.24) is 5.32 Å². The molecule has 1 N–H and O–H groups in total. The number of hydrogen-bond donors (Lipinski definition) is 1. The molecule has 0 radical (unpaired) electrons. The quantitative estimate of drug-likeness (QED) is 0.492. The molecule has 8 heteroatoms. The maximum Gasteiger partial charge on any atom is 0.251 e. The van der Waals surface area contributed by atoms with Crippen LogP contribution in [0.4, 0.5) is 5.69 Å². The summed E-state index contributed by atoms with van der Waals surface area (Å²) in [5, 5.41) is 3.45. The van der Waals surface area contributed by atoms with Crippen LogP contribution >= 0.6 is 11.6 Å². The first-order chi connectivity index (χ1) is 15.3. The zero-order valence-corrected chi connectivity index (χ0v) is 19.5. The van der Waals surface area contributed by atoms with Gasteiger partial charge in [-0.15, -0.1) is 0 Å². The Morgan fingerprint density at radius 1 is 0.938 bits per heavy atom. The molecule has 0 unspecified atom stereocenters. The van der Waals surface area contributed by atoms with Crippen LogP contribution in [-0.4, -0.2) is 27.2 Å². The topological polar surface area (TPSA) is 75.7 Å². The van der Waals surface area contributed by atoms with E-state index in [1.54, 1.807) is 48.5 Å². The highest BCUT2D eigenvalue weighted by Crippen LogP contribution is 2.22. The maximum atomic E-state index is 12.5. The minimum Gasteiger partial charge on any atom is -0.494 e. The number of carbonyl (C=O) groups is 1. The molecule has 0 atom stereocenters. The molecule has 0 saturated heterocycles. The molecule has 0 aliphatic carbocycles. The van der Waals surface area contributed by atoms with Gasteiger partial charge in [-0.1, -0.05) is 35.9 Å². The summed E-state index contributed by atoms with van der Waals surface area (Å²) in [6.07, 6.45) is 1.15. The van der Waals surface area contributed by atoms with Crippen LogP contribution < -0.4 is 14.4 Å². The average molecular weight is 473 g/mol. The number of halogens is 1. The second-order valence-electron chi connectivity index (χ2n) is 7.20. The van der Waals surface area contributed by atoms with Crippen LogP contribution in [0.25, 0.3) is 0 Å². The summed E-state index contributed by atoms with van der Waals surface area (Å²) in [5.74, 6) is 0.543. The van der Waals surface area contributed by atoms with E-state index in [2.05, 4.69) is 5.32 Å². The van der Waals surface area contributed by atoms with E-state index in [1.165, 1.54) is 4.31 Å². The standard InChI is InChI=1S/C24H25ClN2O4S/c1-3-31-23-14-6-18(7-15-23)16-26-24(28)20-8-12-22(13-9-20)27(32(2,29)30)17-19-4-10-21(25)11-5-19/h4-15H,3,16-17H2,1-2H3,(H,26,28). The third-order valence-electron chi connectivity index (χ3n) is 4.74. The normalized spacial score (nSPS) is 11.1. The van der Waals surface area contributed by atoms with Gasteiger partial charge in [-0.3, -0.25) is 9.10 Å². The van der Waals surface area contributed by atoms with Crippen molar-refractivity contribution in [3.8, 4) is 5.75 Å². The molecule has 3 aromatic rings. The monoisotopic (exact) mass is 472 g/mol. The molecule has 168 valence electrons. The molecule has 3 aromatic carbocycles. The smallest absolute Gasteiger partial charge is 0.251 e. The van der Waals surface area contributed by atoms with Gasteiger partial charge in [0.2, 0.25) is 10.0 Å².